The first-order valence-electron chi connectivity index (χ1n) is 9.60. The molecule has 2 aliphatic heterocycles. The van der Waals surface area contributed by atoms with Crippen LogP contribution in [0.5, 0.6) is 0 Å². The maximum absolute atomic E-state index is 12.8. The summed E-state index contributed by atoms with van der Waals surface area (Å²) >= 11 is 0. The van der Waals surface area contributed by atoms with Gasteiger partial charge in [-0.05, 0) is 35.9 Å². The highest BCUT2D eigenvalue weighted by molar-refractivity contribution is 5.79. The molecule has 0 saturated carbocycles. The summed E-state index contributed by atoms with van der Waals surface area (Å²) in [6, 6.07) is 15.7. The number of benzene rings is 1. The molecule has 0 radical (unpaired) electrons. The molecule has 0 N–H and O–H groups in total. The van der Waals surface area contributed by atoms with Crippen molar-refractivity contribution in [1.82, 2.24) is 14.0 Å². The van der Waals surface area contributed by atoms with E-state index in [1.165, 1.54) is 0 Å². The van der Waals surface area contributed by atoms with Crippen LogP contribution in [-0.4, -0.2) is 27.1 Å². The summed E-state index contributed by atoms with van der Waals surface area (Å²) in [6.07, 6.45) is 1.13. The molecule has 5 nitrogen and oxygen atoms in total. The summed E-state index contributed by atoms with van der Waals surface area (Å²) in [6.45, 7) is 3.29. The maximum atomic E-state index is 12.8. The molecule has 138 valence electrons. The van der Waals surface area contributed by atoms with Gasteiger partial charge in [0.1, 0.15) is 0 Å². The van der Waals surface area contributed by atoms with Crippen LogP contribution in [0.15, 0.2) is 58.1 Å². The second-order valence-corrected chi connectivity index (χ2v) is 7.98. The SMILES string of the molecule is Cn1c(=O)c(CN2C[C@H]3C[C@@H](C2)c2cccc(=O)n2C3)cc2ccccc21. The first-order chi connectivity index (χ1) is 13.1. The van der Waals surface area contributed by atoms with Gasteiger partial charge in [-0.3, -0.25) is 14.5 Å². The number of aryl methyl sites for hydroxylation is 1. The van der Waals surface area contributed by atoms with Crippen molar-refractivity contribution < 1.29 is 0 Å². The highest BCUT2D eigenvalue weighted by Gasteiger charge is 2.34. The Labute approximate surface area is 157 Å². The molecule has 0 spiro atoms. The van der Waals surface area contributed by atoms with E-state index in [1.54, 1.807) is 10.6 Å². The average Bonchev–Trinajstić information content (AvgIpc) is 2.67. The number of pyridine rings is 2. The molecule has 27 heavy (non-hydrogen) atoms. The lowest BCUT2D eigenvalue weighted by atomic mass is 9.83. The number of fused-ring (bicyclic) bond motifs is 5. The summed E-state index contributed by atoms with van der Waals surface area (Å²) in [4.78, 5) is 27.4. The van der Waals surface area contributed by atoms with E-state index in [0.29, 0.717) is 18.4 Å². The highest BCUT2D eigenvalue weighted by Crippen LogP contribution is 2.35. The summed E-state index contributed by atoms with van der Waals surface area (Å²) in [5, 5.41) is 1.10. The van der Waals surface area contributed by atoms with Crippen LogP contribution in [0.2, 0.25) is 0 Å². The smallest absolute Gasteiger partial charge is 0.255 e. The van der Waals surface area contributed by atoms with Gasteiger partial charge in [-0.15, -0.1) is 0 Å². The van der Waals surface area contributed by atoms with Gasteiger partial charge in [0.15, 0.2) is 0 Å². The van der Waals surface area contributed by atoms with Crippen molar-refractivity contribution in [2.45, 2.75) is 25.4 Å². The number of hydrogen-bond donors (Lipinski definition) is 0. The van der Waals surface area contributed by atoms with Gasteiger partial charge in [-0.1, -0.05) is 24.3 Å². The fraction of sp³-hybridized carbons (Fsp3) is 0.364. The number of aromatic nitrogens is 2. The Kier molecular flexibility index (Phi) is 3.79. The van der Waals surface area contributed by atoms with Crippen LogP contribution in [-0.2, 0) is 20.1 Å². The van der Waals surface area contributed by atoms with Crippen LogP contribution in [0.3, 0.4) is 0 Å². The Morgan fingerprint density at radius 3 is 2.74 bits per heavy atom. The number of hydrogen-bond acceptors (Lipinski definition) is 3. The molecule has 2 atom stereocenters. The summed E-state index contributed by atoms with van der Waals surface area (Å²) in [5.41, 5.74) is 3.16. The Balaban J connectivity index is 1.47. The topological polar surface area (TPSA) is 47.2 Å². The quantitative estimate of drug-likeness (QED) is 0.704. The predicted molar refractivity (Wildman–Crippen MR) is 106 cm³/mol. The molecular weight excluding hydrogens is 338 g/mol. The summed E-state index contributed by atoms with van der Waals surface area (Å²) in [7, 11) is 1.85. The van der Waals surface area contributed by atoms with Gasteiger partial charge in [0.25, 0.3) is 11.1 Å². The number of rotatable bonds is 2. The van der Waals surface area contributed by atoms with Gasteiger partial charge in [0, 0.05) is 56.5 Å². The van der Waals surface area contributed by atoms with Gasteiger partial charge >= 0.3 is 0 Å². The van der Waals surface area contributed by atoms with E-state index in [1.807, 2.05) is 41.9 Å². The van der Waals surface area contributed by atoms with Crippen molar-refractivity contribution in [3.05, 3.63) is 80.5 Å². The first kappa shape index (κ1) is 16.5. The van der Waals surface area contributed by atoms with Gasteiger partial charge in [-0.2, -0.15) is 0 Å². The zero-order chi connectivity index (χ0) is 18.5. The molecule has 5 rings (SSSR count). The van der Waals surface area contributed by atoms with Crippen LogP contribution in [0.25, 0.3) is 10.9 Å². The third-order valence-electron chi connectivity index (χ3n) is 6.16. The van der Waals surface area contributed by atoms with Crippen LogP contribution < -0.4 is 11.1 Å². The molecule has 5 heteroatoms. The number of para-hydroxylation sites is 1. The molecule has 4 heterocycles. The molecule has 0 amide bonds. The number of nitrogens with zero attached hydrogens (tertiary/aromatic N) is 3. The molecule has 0 unspecified atom stereocenters. The standard InChI is InChI=1S/C22H23N3O2/c1-23-19-6-3-2-5-16(19)10-18(22(23)27)14-24-11-15-9-17(13-24)20-7-4-8-21(26)25(20)12-15/h2-8,10,15,17H,9,11-14H2,1H3/t15-,17+/m1/s1. The molecule has 1 saturated heterocycles. The third kappa shape index (κ3) is 2.73. The molecule has 2 aromatic heterocycles. The minimum atomic E-state index is 0.0843. The van der Waals surface area contributed by atoms with Crippen molar-refractivity contribution in [1.29, 1.82) is 0 Å². The van der Waals surface area contributed by atoms with Gasteiger partial charge in [-0.25, -0.2) is 0 Å². The van der Waals surface area contributed by atoms with E-state index in [-0.39, 0.29) is 11.1 Å². The molecule has 1 fully saturated rings. The van der Waals surface area contributed by atoms with Crippen molar-refractivity contribution in [3.63, 3.8) is 0 Å². The zero-order valence-electron chi connectivity index (χ0n) is 15.5. The lowest BCUT2D eigenvalue weighted by Crippen LogP contribution is -2.47. The van der Waals surface area contributed by atoms with Crippen molar-refractivity contribution in [3.8, 4) is 0 Å². The Bertz CT molecular complexity index is 1140. The largest absolute Gasteiger partial charge is 0.312 e. The van der Waals surface area contributed by atoms with Crippen LogP contribution in [0.4, 0.5) is 0 Å². The predicted octanol–water partition coefficient (Wildman–Crippen LogP) is 2.32. The second kappa shape index (κ2) is 6.20. The number of piperidine rings is 1. The Morgan fingerprint density at radius 2 is 1.85 bits per heavy atom. The van der Waals surface area contributed by atoms with E-state index < -0.39 is 0 Å². The second-order valence-electron chi connectivity index (χ2n) is 7.98. The lowest BCUT2D eigenvalue weighted by molar-refractivity contribution is 0.114. The highest BCUT2D eigenvalue weighted by atomic mass is 16.1. The van der Waals surface area contributed by atoms with Gasteiger partial charge in [0.2, 0.25) is 0 Å². The van der Waals surface area contributed by atoms with Crippen LogP contribution in [0, 0.1) is 5.92 Å². The van der Waals surface area contributed by atoms with Crippen molar-refractivity contribution in [2.75, 3.05) is 13.1 Å². The zero-order valence-corrected chi connectivity index (χ0v) is 15.5. The summed E-state index contributed by atoms with van der Waals surface area (Å²) in [5.74, 6) is 0.844. The van der Waals surface area contributed by atoms with E-state index >= 15 is 0 Å². The Hall–Kier alpha value is -2.66. The van der Waals surface area contributed by atoms with Crippen LogP contribution in [0.1, 0.15) is 23.6 Å². The lowest BCUT2D eigenvalue weighted by Gasteiger charge is -2.42. The van der Waals surface area contributed by atoms with E-state index in [4.69, 9.17) is 0 Å². The van der Waals surface area contributed by atoms with Crippen LogP contribution >= 0.6 is 0 Å². The first-order valence-corrected chi connectivity index (χ1v) is 9.60. The van der Waals surface area contributed by atoms with E-state index in [2.05, 4.69) is 17.0 Å². The summed E-state index contributed by atoms with van der Waals surface area (Å²) < 4.78 is 3.70. The molecule has 0 aliphatic carbocycles. The minimum absolute atomic E-state index is 0.0843. The minimum Gasteiger partial charge on any atom is -0.312 e. The fourth-order valence-corrected chi connectivity index (χ4v) is 4.97. The van der Waals surface area contributed by atoms with Gasteiger partial charge in [0.05, 0.1) is 5.52 Å². The molecule has 3 aromatic rings. The van der Waals surface area contributed by atoms with E-state index in [0.717, 1.165) is 48.2 Å². The molecule has 1 aromatic carbocycles. The molecule has 2 aliphatic rings. The number of likely N-dealkylation sites (tertiary alicyclic amines) is 1. The average molecular weight is 361 g/mol. The molecular formula is C22H23N3O2. The van der Waals surface area contributed by atoms with Crippen molar-refractivity contribution in [2.24, 2.45) is 13.0 Å². The van der Waals surface area contributed by atoms with Gasteiger partial charge < -0.3 is 9.13 Å². The normalized spacial score (nSPS) is 22.0. The third-order valence-corrected chi connectivity index (χ3v) is 6.16. The Morgan fingerprint density at radius 1 is 1.00 bits per heavy atom. The fourth-order valence-electron chi connectivity index (χ4n) is 4.97. The van der Waals surface area contributed by atoms with Crippen molar-refractivity contribution >= 4 is 10.9 Å². The van der Waals surface area contributed by atoms with E-state index in [9.17, 15) is 9.59 Å². The monoisotopic (exact) mass is 361 g/mol. The maximum Gasteiger partial charge on any atom is 0.255 e. The molecule has 2 bridgehead atoms.